The van der Waals surface area contributed by atoms with Gasteiger partial charge in [0.25, 0.3) is 0 Å². The minimum Gasteiger partial charge on any atom is -0.354 e. The summed E-state index contributed by atoms with van der Waals surface area (Å²) in [7, 11) is 0. The fraction of sp³-hybridized carbons (Fsp3) is 0.600. The van der Waals surface area contributed by atoms with Crippen molar-refractivity contribution in [2.24, 2.45) is 0 Å². The van der Waals surface area contributed by atoms with Crippen LogP contribution in [0.25, 0.3) is 0 Å². The second-order valence-electron chi connectivity index (χ2n) is 3.46. The predicted octanol–water partition coefficient (Wildman–Crippen LogP) is 0.449. The lowest BCUT2D eigenvalue weighted by Crippen LogP contribution is -2.43. The molecule has 0 bridgehead atoms. The van der Waals surface area contributed by atoms with Gasteiger partial charge in [-0.25, -0.2) is 9.97 Å². The van der Waals surface area contributed by atoms with Crippen LogP contribution in [0.5, 0.6) is 0 Å². The molecule has 1 aromatic heterocycles. The molecule has 1 aromatic rings. The predicted molar refractivity (Wildman–Crippen MR) is 56.5 cm³/mol. The summed E-state index contributed by atoms with van der Waals surface area (Å²) in [4.78, 5) is 10.8. The molecule has 1 N–H and O–H groups in total. The van der Waals surface area contributed by atoms with Crippen molar-refractivity contribution in [2.75, 3.05) is 31.1 Å². The summed E-state index contributed by atoms with van der Waals surface area (Å²) in [5.41, 5.74) is 1.12. The second kappa shape index (κ2) is 4.37. The van der Waals surface area contributed by atoms with Gasteiger partial charge in [-0.05, 0) is 6.42 Å². The van der Waals surface area contributed by atoms with E-state index in [4.69, 9.17) is 0 Å². The van der Waals surface area contributed by atoms with Crippen LogP contribution in [-0.2, 0) is 6.42 Å². The van der Waals surface area contributed by atoms with Crippen LogP contribution in [-0.4, -0.2) is 36.1 Å². The van der Waals surface area contributed by atoms with Crippen molar-refractivity contribution in [3.63, 3.8) is 0 Å². The van der Waals surface area contributed by atoms with Gasteiger partial charge in [-0.2, -0.15) is 0 Å². The minimum atomic E-state index is 0.974. The zero-order valence-electron chi connectivity index (χ0n) is 8.53. The van der Waals surface area contributed by atoms with Crippen molar-refractivity contribution in [2.45, 2.75) is 13.3 Å². The number of nitrogens with zero attached hydrogens (tertiary/aromatic N) is 3. The lowest BCUT2D eigenvalue weighted by molar-refractivity contribution is 0.584. The van der Waals surface area contributed by atoms with Crippen LogP contribution in [0, 0.1) is 0 Å². The van der Waals surface area contributed by atoms with Crippen LogP contribution >= 0.6 is 0 Å². The lowest BCUT2D eigenvalue weighted by Gasteiger charge is -2.28. The lowest BCUT2D eigenvalue weighted by atomic mass is 10.3. The summed E-state index contributed by atoms with van der Waals surface area (Å²) in [6.07, 6.45) is 2.64. The van der Waals surface area contributed by atoms with Crippen LogP contribution in [0.1, 0.15) is 12.6 Å². The van der Waals surface area contributed by atoms with E-state index in [1.165, 1.54) is 0 Å². The van der Waals surface area contributed by atoms with Gasteiger partial charge >= 0.3 is 0 Å². The third-order valence-corrected chi connectivity index (χ3v) is 2.51. The normalized spacial score (nSPS) is 17.1. The quantitative estimate of drug-likeness (QED) is 0.738. The summed E-state index contributed by atoms with van der Waals surface area (Å²) in [5.74, 6) is 1.07. The molecule has 0 atom stereocenters. The zero-order valence-corrected chi connectivity index (χ0v) is 8.53. The molecule has 1 aliphatic heterocycles. The number of hydrogen-bond donors (Lipinski definition) is 1. The van der Waals surface area contributed by atoms with Crippen molar-refractivity contribution in [1.82, 2.24) is 15.3 Å². The number of nitrogens with one attached hydrogen (secondary N) is 1. The molecule has 0 radical (unpaired) electrons. The van der Waals surface area contributed by atoms with Crippen LogP contribution in [0.3, 0.4) is 0 Å². The molecule has 0 amide bonds. The molecular formula is C10H16N4. The molecule has 1 saturated heterocycles. The monoisotopic (exact) mass is 192 g/mol. The number of hydrogen-bond acceptors (Lipinski definition) is 4. The van der Waals surface area contributed by atoms with Gasteiger partial charge in [0.2, 0.25) is 0 Å². The van der Waals surface area contributed by atoms with Crippen molar-refractivity contribution < 1.29 is 0 Å². The highest BCUT2D eigenvalue weighted by Gasteiger charge is 2.11. The number of piperazine rings is 1. The summed E-state index contributed by atoms with van der Waals surface area (Å²) >= 11 is 0. The number of anilines is 1. The Morgan fingerprint density at radius 3 is 2.86 bits per heavy atom. The van der Waals surface area contributed by atoms with Crippen LogP contribution < -0.4 is 10.2 Å². The Kier molecular flexibility index (Phi) is 2.93. The first-order chi connectivity index (χ1) is 6.90. The molecule has 4 nitrogen and oxygen atoms in total. The molecule has 0 aliphatic carbocycles. The Morgan fingerprint density at radius 1 is 1.36 bits per heavy atom. The van der Waals surface area contributed by atoms with E-state index in [0.29, 0.717) is 0 Å². The molecule has 1 fully saturated rings. The Hall–Kier alpha value is -1.16. The molecule has 0 unspecified atom stereocenters. The van der Waals surface area contributed by atoms with E-state index in [0.717, 1.165) is 44.1 Å². The summed E-state index contributed by atoms with van der Waals surface area (Å²) in [5, 5.41) is 3.33. The summed E-state index contributed by atoms with van der Waals surface area (Å²) in [6, 6.07) is 2.09. The molecule has 2 heterocycles. The van der Waals surface area contributed by atoms with Crippen molar-refractivity contribution in [1.29, 1.82) is 0 Å². The molecule has 76 valence electrons. The molecule has 0 saturated carbocycles. The fourth-order valence-corrected chi connectivity index (χ4v) is 1.65. The average molecular weight is 192 g/mol. The highest BCUT2D eigenvalue weighted by atomic mass is 15.2. The van der Waals surface area contributed by atoms with E-state index in [1.807, 2.05) is 0 Å². The van der Waals surface area contributed by atoms with Gasteiger partial charge in [0.15, 0.2) is 0 Å². The van der Waals surface area contributed by atoms with Crippen LogP contribution in [0.15, 0.2) is 12.4 Å². The van der Waals surface area contributed by atoms with E-state index in [9.17, 15) is 0 Å². The Bertz CT molecular complexity index is 294. The number of rotatable bonds is 2. The molecule has 14 heavy (non-hydrogen) atoms. The Labute approximate surface area is 84.4 Å². The standard InChI is InChI=1S/C10H16N4/c1-2-9-7-10(13-8-12-9)14-5-3-11-4-6-14/h7-8,11H,2-6H2,1H3. The maximum Gasteiger partial charge on any atom is 0.132 e. The first-order valence-corrected chi connectivity index (χ1v) is 5.16. The third-order valence-electron chi connectivity index (χ3n) is 2.51. The van der Waals surface area contributed by atoms with Crippen molar-refractivity contribution in [3.8, 4) is 0 Å². The van der Waals surface area contributed by atoms with E-state index in [2.05, 4.69) is 33.2 Å². The molecule has 0 aromatic carbocycles. The highest BCUT2D eigenvalue weighted by Crippen LogP contribution is 2.11. The van der Waals surface area contributed by atoms with E-state index in [1.54, 1.807) is 6.33 Å². The molecule has 2 rings (SSSR count). The molecule has 0 spiro atoms. The van der Waals surface area contributed by atoms with Gasteiger partial charge in [0.1, 0.15) is 12.1 Å². The fourth-order valence-electron chi connectivity index (χ4n) is 1.65. The largest absolute Gasteiger partial charge is 0.354 e. The molecular weight excluding hydrogens is 176 g/mol. The third kappa shape index (κ3) is 2.01. The second-order valence-corrected chi connectivity index (χ2v) is 3.46. The maximum atomic E-state index is 4.30. The average Bonchev–Trinajstić information content (AvgIpc) is 2.30. The van der Waals surface area contributed by atoms with Gasteiger partial charge in [0.05, 0.1) is 0 Å². The minimum absolute atomic E-state index is 0.974. The topological polar surface area (TPSA) is 41.0 Å². The van der Waals surface area contributed by atoms with Crippen molar-refractivity contribution >= 4 is 5.82 Å². The first-order valence-electron chi connectivity index (χ1n) is 5.16. The van der Waals surface area contributed by atoms with Gasteiger partial charge in [-0.1, -0.05) is 6.92 Å². The van der Waals surface area contributed by atoms with Gasteiger partial charge in [-0.15, -0.1) is 0 Å². The SMILES string of the molecule is CCc1cc(N2CCNCC2)ncn1. The van der Waals surface area contributed by atoms with E-state index < -0.39 is 0 Å². The summed E-state index contributed by atoms with van der Waals surface area (Å²) in [6.45, 7) is 6.29. The Morgan fingerprint density at radius 2 is 2.14 bits per heavy atom. The number of aromatic nitrogens is 2. The Balaban J connectivity index is 2.13. The van der Waals surface area contributed by atoms with Crippen molar-refractivity contribution in [3.05, 3.63) is 18.1 Å². The molecule has 1 aliphatic rings. The first kappa shape index (κ1) is 9.40. The zero-order chi connectivity index (χ0) is 9.80. The van der Waals surface area contributed by atoms with Gasteiger partial charge in [-0.3, -0.25) is 0 Å². The van der Waals surface area contributed by atoms with E-state index in [-0.39, 0.29) is 0 Å². The molecule has 4 heteroatoms. The number of aryl methyl sites for hydroxylation is 1. The van der Waals surface area contributed by atoms with E-state index >= 15 is 0 Å². The summed E-state index contributed by atoms with van der Waals surface area (Å²) < 4.78 is 0. The highest BCUT2D eigenvalue weighted by molar-refractivity contribution is 5.39. The van der Waals surface area contributed by atoms with Gasteiger partial charge in [0, 0.05) is 37.9 Å². The van der Waals surface area contributed by atoms with Gasteiger partial charge < -0.3 is 10.2 Å². The van der Waals surface area contributed by atoms with Crippen LogP contribution in [0.4, 0.5) is 5.82 Å². The van der Waals surface area contributed by atoms with Crippen LogP contribution in [0.2, 0.25) is 0 Å². The smallest absolute Gasteiger partial charge is 0.132 e. The maximum absolute atomic E-state index is 4.30.